The first-order valence-corrected chi connectivity index (χ1v) is 4.86. The molecule has 1 aromatic rings. The van der Waals surface area contributed by atoms with Crippen LogP contribution >= 0.6 is 0 Å². The topological polar surface area (TPSA) is 52.9 Å². The van der Waals surface area contributed by atoms with Gasteiger partial charge in [0.15, 0.2) is 0 Å². The summed E-state index contributed by atoms with van der Waals surface area (Å²) in [5, 5.41) is 11.1. The molecule has 0 saturated heterocycles. The Morgan fingerprint density at radius 3 is 2.93 bits per heavy atom. The maximum atomic E-state index is 11.4. The van der Waals surface area contributed by atoms with E-state index in [1.165, 1.54) is 0 Å². The van der Waals surface area contributed by atoms with E-state index in [0.29, 0.717) is 6.42 Å². The molecule has 15 heavy (non-hydrogen) atoms. The third-order valence-electron chi connectivity index (χ3n) is 2.02. The molecular formula is C12H14N2O. The average Bonchev–Trinajstić information content (AvgIpc) is 2.17. The number of amides is 1. The summed E-state index contributed by atoms with van der Waals surface area (Å²) < 4.78 is 0. The van der Waals surface area contributed by atoms with E-state index in [1.807, 2.05) is 37.3 Å². The summed E-state index contributed by atoms with van der Waals surface area (Å²) in [5.41, 5.74) is 2.10. The lowest BCUT2D eigenvalue weighted by Gasteiger charge is -2.06. The minimum Gasteiger partial charge on any atom is -0.340 e. The van der Waals surface area contributed by atoms with Gasteiger partial charge in [-0.2, -0.15) is 5.26 Å². The van der Waals surface area contributed by atoms with Gasteiger partial charge in [0.25, 0.3) is 0 Å². The van der Waals surface area contributed by atoms with E-state index in [1.54, 1.807) is 6.92 Å². The molecule has 0 spiro atoms. The Morgan fingerprint density at radius 1 is 1.60 bits per heavy atom. The highest BCUT2D eigenvalue weighted by molar-refractivity contribution is 5.79. The van der Waals surface area contributed by atoms with E-state index in [0.717, 1.165) is 11.1 Å². The van der Waals surface area contributed by atoms with Crippen molar-refractivity contribution in [1.82, 2.24) is 5.32 Å². The molecule has 0 saturated carbocycles. The monoisotopic (exact) mass is 202 g/mol. The minimum absolute atomic E-state index is 0.116. The lowest BCUT2D eigenvalue weighted by atomic mass is 10.1. The second-order valence-corrected chi connectivity index (χ2v) is 3.58. The molecule has 3 nitrogen and oxygen atoms in total. The normalized spacial score (nSPS) is 11.5. The van der Waals surface area contributed by atoms with E-state index in [2.05, 4.69) is 5.32 Å². The number of hydrogen-bond acceptors (Lipinski definition) is 2. The fourth-order valence-corrected chi connectivity index (χ4v) is 1.33. The second kappa shape index (κ2) is 5.16. The lowest BCUT2D eigenvalue weighted by Crippen LogP contribution is -2.32. The van der Waals surface area contributed by atoms with Crippen LogP contribution in [0.3, 0.4) is 0 Å². The molecule has 1 atom stereocenters. The summed E-state index contributed by atoms with van der Waals surface area (Å²) >= 11 is 0. The molecule has 0 aliphatic rings. The van der Waals surface area contributed by atoms with Crippen molar-refractivity contribution < 1.29 is 4.79 Å². The van der Waals surface area contributed by atoms with Crippen LogP contribution in [0.4, 0.5) is 0 Å². The van der Waals surface area contributed by atoms with Gasteiger partial charge in [0.1, 0.15) is 6.04 Å². The van der Waals surface area contributed by atoms with Gasteiger partial charge in [-0.3, -0.25) is 4.79 Å². The number of nitriles is 1. The highest BCUT2D eigenvalue weighted by Gasteiger charge is 2.06. The Bertz CT molecular complexity index is 393. The van der Waals surface area contributed by atoms with E-state index in [4.69, 9.17) is 5.26 Å². The number of nitrogens with zero attached hydrogens (tertiary/aromatic N) is 1. The molecule has 0 radical (unpaired) electrons. The molecule has 1 unspecified atom stereocenters. The van der Waals surface area contributed by atoms with Crippen molar-refractivity contribution >= 4 is 5.91 Å². The number of aryl methyl sites for hydroxylation is 1. The quantitative estimate of drug-likeness (QED) is 0.808. The smallest absolute Gasteiger partial charge is 0.225 e. The number of rotatable bonds is 3. The molecule has 1 amide bonds. The van der Waals surface area contributed by atoms with Crippen LogP contribution in [0.5, 0.6) is 0 Å². The van der Waals surface area contributed by atoms with Crippen molar-refractivity contribution in [3.05, 3.63) is 35.4 Å². The predicted molar refractivity (Wildman–Crippen MR) is 58.1 cm³/mol. The molecule has 0 fully saturated rings. The van der Waals surface area contributed by atoms with Gasteiger partial charge in [-0.05, 0) is 19.4 Å². The van der Waals surface area contributed by atoms with Crippen molar-refractivity contribution in [1.29, 1.82) is 5.26 Å². The number of hydrogen-bond donors (Lipinski definition) is 1. The first kappa shape index (κ1) is 11.3. The standard InChI is InChI=1S/C12H14N2O/c1-9-4-3-5-11(6-9)7-12(15)14-10(2)8-13/h3-6,10H,7H2,1-2H3,(H,14,15). The van der Waals surface area contributed by atoms with Crippen molar-refractivity contribution in [3.63, 3.8) is 0 Å². The Balaban J connectivity index is 2.56. The molecule has 0 aromatic heterocycles. The van der Waals surface area contributed by atoms with Gasteiger partial charge in [0, 0.05) is 0 Å². The Labute approximate surface area is 89.7 Å². The third-order valence-corrected chi connectivity index (χ3v) is 2.02. The molecule has 0 aliphatic heterocycles. The van der Waals surface area contributed by atoms with Crippen molar-refractivity contribution in [2.75, 3.05) is 0 Å². The second-order valence-electron chi connectivity index (χ2n) is 3.58. The molecule has 1 aromatic carbocycles. The van der Waals surface area contributed by atoms with Gasteiger partial charge in [-0.25, -0.2) is 0 Å². The van der Waals surface area contributed by atoms with Gasteiger partial charge >= 0.3 is 0 Å². The maximum absolute atomic E-state index is 11.4. The summed E-state index contributed by atoms with van der Waals surface area (Å²) in [6, 6.07) is 9.32. The molecule has 0 aliphatic carbocycles. The zero-order valence-corrected chi connectivity index (χ0v) is 8.95. The highest BCUT2D eigenvalue weighted by Crippen LogP contribution is 2.04. The molecular weight excluding hydrogens is 188 g/mol. The van der Waals surface area contributed by atoms with Crippen LogP contribution in [0.2, 0.25) is 0 Å². The lowest BCUT2D eigenvalue weighted by molar-refractivity contribution is -0.120. The summed E-state index contributed by atoms with van der Waals surface area (Å²) in [7, 11) is 0. The predicted octanol–water partition coefficient (Wildman–Crippen LogP) is 1.57. The van der Waals surface area contributed by atoms with Crippen molar-refractivity contribution in [2.24, 2.45) is 0 Å². The molecule has 0 bridgehead atoms. The Hall–Kier alpha value is -1.82. The van der Waals surface area contributed by atoms with Crippen LogP contribution in [0.1, 0.15) is 18.1 Å². The van der Waals surface area contributed by atoms with E-state index in [-0.39, 0.29) is 5.91 Å². The van der Waals surface area contributed by atoms with Gasteiger partial charge in [0.2, 0.25) is 5.91 Å². The Kier molecular flexibility index (Phi) is 3.87. The zero-order chi connectivity index (χ0) is 11.3. The summed E-state index contributed by atoms with van der Waals surface area (Å²) in [4.78, 5) is 11.4. The third kappa shape index (κ3) is 3.82. The van der Waals surface area contributed by atoms with Crippen LogP contribution in [0.15, 0.2) is 24.3 Å². The fourth-order valence-electron chi connectivity index (χ4n) is 1.33. The molecule has 78 valence electrons. The summed E-state index contributed by atoms with van der Waals surface area (Å²) in [6.45, 7) is 3.65. The van der Waals surface area contributed by atoms with Gasteiger partial charge < -0.3 is 5.32 Å². The number of carbonyl (C=O) groups is 1. The largest absolute Gasteiger partial charge is 0.340 e. The van der Waals surface area contributed by atoms with E-state index in [9.17, 15) is 4.79 Å². The fraction of sp³-hybridized carbons (Fsp3) is 0.333. The molecule has 1 N–H and O–H groups in total. The number of carbonyl (C=O) groups excluding carboxylic acids is 1. The van der Waals surface area contributed by atoms with Crippen LogP contribution in [0, 0.1) is 18.3 Å². The average molecular weight is 202 g/mol. The van der Waals surface area contributed by atoms with E-state index < -0.39 is 6.04 Å². The van der Waals surface area contributed by atoms with Gasteiger partial charge in [-0.15, -0.1) is 0 Å². The molecule has 3 heteroatoms. The van der Waals surface area contributed by atoms with Crippen molar-refractivity contribution in [3.8, 4) is 6.07 Å². The van der Waals surface area contributed by atoms with Crippen molar-refractivity contribution in [2.45, 2.75) is 26.3 Å². The first-order valence-electron chi connectivity index (χ1n) is 4.86. The Morgan fingerprint density at radius 2 is 2.33 bits per heavy atom. The maximum Gasteiger partial charge on any atom is 0.225 e. The minimum atomic E-state index is -0.428. The summed E-state index contributed by atoms with van der Waals surface area (Å²) in [6.07, 6.45) is 0.327. The van der Waals surface area contributed by atoms with Crippen LogP contribution in [-0.4, -0.2) is 11.9 Å². The SMILES string of the molecule is Cc1cccc(CC(=O)NC(C)C#N)c1. The number of benzene rings is 1. The van der Waals surface area contributed by atoms with Gasteiger partial charge in [0.05, 0.1) is 12.5 Å². The van der Waals surface area contributed by atoms with Crippen LogP contribution in [0.25, 0.3) is 0 Å². The molecule has 0 heterocycles. The molecule has 1 rings (SSSR count). The highest BCUT2D eigenvalue weighted by atomic mass is 16.1. The van der Waals surface area contributed by atoms with E-state index >= 15 is 0 Å². The first-order chi connectivity index (χ1) is 7.11. The van der Waals surface area contributed by atoms with Crippen LogP contribution in [-0.2, 0) is 11.2 Å². The van der Waals surface area contributed by atoms with Gasteiger partial charge in [-0.1, -0.05) is 29.8 Å². The summed E-state index contributed by atoms with van der Waals surface area (Å²) in [5.74, 6) is -0.116. The zero-order valence-electron chi connectivity index (χ0n) is 8.95. The van der Waals surface area contributed by atoms with Crippen LogP contribution < -0.4 is 5.32 Å². The number of nitrogens with one attached hydrogen (secondary N) is 1.